The normalized spacial score (nSPS) is 11.6. The van der Waals surface area contributed by atoms with Crippen LogP contribution in [0.3, 0.4) is 0 Å². The predicted molar refractivity (Wildman–Crippen MR) is 113 cm³/mol. The Labute approximate surface area is 159 Å². The summed E-state index contributed by atoms with van der Waals surface area (Å²) in [5, 5.41) is 7.07. The first-order chi connectivity index (χ1) is 13.2. The van der Waals surface area contributed by atoms with Crippen LogP contribution in [0, 0.1) is 5.41 Å². The molecule has 1 heterocycles. The van der Waals surface area contributed by atoms with Crippen LogP contribution in [0.1, 0.15) is 18.2 Å². The van der Waals surface area contributed by atoms with Gasteiger partial charge in [0.1, 0.15) is 0 Å². The number of benzene rings is 2. The number of nitrogens with two attached hydrogens (primary N) is 1. The Bertz CT molecular complexity index is 963. The fourth-order valence-electron chi connectivity index (χ4n) is 2.59. The minimum absolute atomic E-state index is 0.552. The van der Waals surface area contributed by atoms with Gasteiger partial charge in [0, 0.05) is 0 Å². The van der Waals surface area contributed by atoms with E-state index < -0.39 is 0 Å². The van der Waals surface area contributed by atoms with Crippen LogP contribution in [0.2, 0.25) is 0 Å². The summed E-state index contributed by atoms with van der Waals surface area (Å²) in [6.45, 7) is 4.15. The molecule has 0 amide bonds. The molecule has 5 heteroatoms. The summed E-state index contributed by atoms with van der Waals surface area (Å²) in [4.78, 5) is 4.36. The molecule has 132 valence electrons. The molecule has 0 unspecified atom stereocenters. The van der Waals surface area contributed by atoms with Gasteiger partial charge in [0.25, 0.3) is 0 Å². The zero-order valence-corrected chi connectivity index (χ0v) is 15.1. The summed E-state index contributed by atoms with van der Waals surface area (Å²) in [6, 6.07) is 21.3. The van der Waals surface area contributed by atoms with Crippen LogP contribution < -0.4 is 15.9 Å². The number of nitrogens with zero attached hydrogens (tertiary/aromatic N) is 1. The molecular formula is C22H20BN3O. The van der Waals surface area contributed by atoms with Gasteiger partial charge in [-0.3, -0.25) is 0 Å². The average molecular weight is 353 g/mol. The van der Waals surface area contributed by atoms with E-state index in [0.717, 1.165) is 33.7 Å². The molecule has 0 saturated carbocycles. The molecule has 3 aromatic rings. The Morgan fingerprint density at radius 2 is 1.67 bits per heavy atom. The first-order valence-corrected chi connectivity index (χ1v) is 8.60. The maximum absolute atomic E-state index is 7.07. The van der Waals surface area contributed by atoms with Crippen LogP contribution in [0.25, 0.3) is 5.70 Å². The van der Waals surface area contributed by atoms with Crippen LogP contribution in [-0.4, -0.2) is 23.6 Å². The molecule has 4 nitrogen and oxygen atoms in total. The Morgan fingerprint density at radius 3 is 2.26 bits per heavy atom. The average Bonchev–Trinajstić information content (AvgIpc) is 2.71. The van der Waals surface area contributed by atoms with Gasteiger partial charge in [-0.15, -0.1) is 0 Å². The van der Waals surface area contributed by atoms with E-state index in [1.54, 1.807) is 12.3 Å². The van der Waals surface area contributed by atoms with Gasteiger partial charge < -0.3 is 5.41 Å². The molecule has 0 atom stereocenters. The van der Waals surface area contributed by atoms with Crippen molar-refractivity contribution in [1.82, 2.24) is 4.98 Å². The molecule has 0 aliphatic rings. The number of nitrogens with one attached hydrogen (secondary N) is 1. The monoisotopic (exact) mass is 353 g/mol. The summed E-state index contributed by atoms with van der Waals surface area (Å²) >= 11 is 0. The molecule has 0 aliphatic carbocycles. The van der Waals surface area contributed by atoms with Gasteiger partial charge in [-0.1, -0.05) is 0 Å². The Morgan fingerprint density at radius 1 is 1.00 bits per heavy atom. The van der Waals surface area contributed by atoms with Gasteiger partial charge in [-0.2, -0.15) is 0 Å². The third kappa shape index (κ3) is 5.01. The molecule has 3 N–H and O–H groups in total. The number of aromatic nitrogens is 1. The number of allylic oxidation sites excluding steroid dienone is 1. The number of pyridine rings is 1. The SMILES string of the molecule is C/C(=B\c1ccc(Oc2ccc(/C(N)=C/C=N)cc2)cc1)c1ccccn1. The minimum atomic E-state index is 0.552. The van der Waals surface area contributed by atoms with E-state index in [9.17, 15) is 0 Å². The molecule has 0 spiro atoms. The third-order valence-corrected chi connectivity index (χ3v) is 4.02. The van der Waals surface area contributed by atoms with Crippen molar-refractivity contribution in [1.29, 1.82) is 5.41 Å². The third-order valence-electron chi connectivity index (χ3n) is 4.02. The summed E-state index contributed by atoms with van der Waals surface area (Å²) in [5.41, 5.74) is 10.4. The Hall–Kier alpha value is -3.47. The Kier molecular flexibility index (Phi) is 5.95. The van der Waals surface area contributed by atoms with E-state index in [1.165, 1.54) is 6.21 Å². The van der Waals surface area contributed by atoms with E-state index in [-0.39, 0.29) is 0 Å². The van der Waals surface area contributed by atoms with Gasteiger partial charge in [-0.05, 0) is 0 Å². The molecule has 0 saturated heterocycles. The summed E-state index contributed by atoms with van der Waals surface area (Å²) in [6.07, 6.45) is 4.52. The molecule has 3 rings (SSSR count). The second-order valence-corrected chi connectivity index (χ2v) is 6.03. The summed E-state index contributed by atoms with van der Waals surface area (Å²) < 4.78 is 5.88. The molecule has 0 fully saturated rings. The molecular weight excluding hydrogens is 333 g/mol. The van der Waals surface area contributed by atoms with Crippen molar-refractivity contribution in [2.24, 2.45) is 5.73 Å². The van der Waals surface area contributed by atoms with E-state index in [1.807, 2.05) is 73.7 Å². The summed E-state index contributed by atoms with van der Waals surface area (Å²) in [5.74, 6) is 1.49. The molecule has 27 heavy (non-hydrogen) atoms. The van der Waals surface area contributed by atoms with E-state index in [0.29, 0.717) is 5.70 Å². The van der Waals surface area contributed by atoms with Crippen LogP contribution in [0.4, 0.5) is 0 Å². The van der Waals surface area contributed by atoms with Crippen molar-refractivity contribution in [2.45, 2.75) is 6.92 Å². The van der Waals surface area contributed by atoms with Gasteiger partial charge in [0.2, 0.25) is 0 Å². The first kappa shape index (κ1) is 18.3. The molecule has 1 aromatic heterocycles. The van der Waals surface area contributed by atoms with Crippen molar-refractivity contribution >= 4 is 29.8 Å². The van der Waals surface area contributed by atoms with Gasteiger partial charge in [0.05, 0.1) is 0 Å². The second kappa shape index (κ2) is 8.76. The van der Waals surface area contributed by atoms with Crippen molar-refractivity contribution in [3.05, 3.63) is 90.3 Å². The molecule has 0 aliphatic heterocycles. The van der Waals surface area contributed by atoms with Crippen LogP contribution in [-0.2, 0) is 0 Å². The van der Waals surface area contributed by atoms with Crippen molar-refractivity contribution in [2.75, 3.05) is 0 Å². The zero-order valence-electron chi connectivity index (χ0n) is 15.1. The number of rotatable bonds is 6. The van der Waals surface area contributed by atoms with Crippen LogP contribution in [0.15, 0.2) is 79.0 Å². The first-order valence-electron chi connectivity index (χ1n) is 8.60. The van der Waals surface area contributed by atoms with E-state index in [4.69, 9.17) is 15.9 Å². The molecule has 0 radical (unpaired) electrons. The fraction of sp³-hybridized carbons (Fsp3) is 0.0455. The van der Waals surface area contributed by atoms with Crippen molar-refractivity contribution in [3.63, 3.8) is 0 Å². The van der Waals surface area contributed by atoms with Crippen molar-refractivity contribution in [3.8, 4) is 11.5 Å². The molecule has 0 bridgehead atoms. The standard InChI is InChI=1S/C22H20BN3O/c1-16(22-4-2-3-15-26-22)23-18-7-11-20(12-8-18)27-19-9-5-17(6-10-19)21(25)13-14-24/h2-15,24H,25H2,1H3/b21-13-,24-14?. The predicted octanol–water partition coefficient (Wildman–Crippen LogP) is 3.39. The Balaban J connectivity index is 1.69. The molecule has 2 aromatic carbocycles. The van der Waals surface area contributed by atoms with Gasteiger partial charge >= 0.3 is 154 Å². The maximum atomic E-state index is 7.07. The fourth-order valence-corrected chi connectivity index (χ4v) is 2.59. The second-order valence-electron chi connectivity index (χ2n) is 6.03. The van der Waals surface area contributed by atoms with Crippen molar-refractivity contribution < 1.29 is 4.74 Å². The number of hydrogen-bond donors (Lipinski definition) is 2. The number of hydrogen-bond acceptors (Lipinski definition) is 4. The van der Waals surface area contributed by atoms with E-state index >= 15 is 0 Å². The quantitative estimate of drug-likeness (QED) is 0.527. The van der Waals surface area contributed by atoms with E-state index in [2.05, 4.69) is 11.9 Å². The van der Waals surface area contributed by atoms with Gasteiger partial charge in [0.15, 0.2) is 0 Å². The van der Waals surface area contributed by atoms with Gasteiger partial charge in [-0.25, -0.2) is 0 Å². The zero-order chi connectivity index (χ0) is 19.1. The topological polar surface area (TPSA) is 72.0 Å². The number of ether oxygens (including phenoxy) is 1. The van der Waals surface area contributed by atoms with Crippen LogP contribution in [0.5, 0.6) is 11.5 Å². The van der Waals surface area contributed by atoms with Crippen LogP contribution >= 0.6 is 0 Å². The summed E-state index contributed by atoms with van der Waals surface area (Å²) in [7, 11) is 0.